The highest BCUT2D eigenvalue weighted by atomic mass is 16.1. The van der Waals surface area contributed by atoms with Gasteiger partial charge in [-0.25, -0.2) is 9.97 Å². The lowest BCUT2D eigenvalue weighted by Crippen LogP contribution is -2.38. The maximum atomic E-state index is 11.3. The maximum absolute atomic E-state index is 11.3. The van der Waals surface area contributed by atoms with Crippen molar-refractivity contribution < 1.29 is 4.79 Å². The minimum absolute atomic E-state index is 0.211. The second-order valence-electron chi connectivity index (χ2n) is 6.00. The van der Waals surface area contributed by atoms with E-state index < -0.39 is 0 Å². The standard InChI is InChI=1S/C15H27N5O/c1-10(2)12(11(3)4)7-20(6-5-16)15-13(8-21)14(17)18-9-19-15/h8-12H,5-7,16H2,1-4H3,(H2,17,18,19). The molecule has 1 heterocycles. The molecule has 0 spiro atoms. The molecule has 0 fully saturated rings. The van der Waals surface area contributed by atoms with Gasteiger partial charge in [0.25, 0.3) is 0 Å². The number of hydrogen-bond acceptors (Lipinski definition) is 6. The average molecular weight is 293 g/mol. The smallest absolute Gasteiger partial charge is 0.157 e. The van der Waals surface area contributed by atoms with Crippen LogP contribution in [0, 0.1) is 17.8 Å². The van der Waals surface area contributed by atoms with E-state index >= 15 is 0 Å². The Kier molecular flexibility index (Phi) is 6.55. The Labute approximate surface area is 126 Å². The molecule has 0 unspecified atom stereocenters. The van der Waals surface area contributed by atoms with Gasteiger partial charge in [0.15, 0.2) is 6.29 Å². The zero-order chi connectivity index (χ0) is 16.0. The summed E-state index contributed by atoms with van der Waals surface area (Å²) in [5.74, 6) is 2.33. The summed E-state index contributed by atoms with van der Waals surface area (Å²) in [5, 5.41) is 0. The fourth-order valence-electron chi connectivity index (χ4n) is 2.65. The molecule has 0 aromatic carbocycles. The molecule has 0 aliphatic heterocycles. The molecule has 0 amide bonds. The van der Waals surface area contributed by atoms with Crippen molar-refractivity contribution in [3.63, 3.8) is 0 Å². The Hall–Kier alpha value is -1.69. The molecule has 6 nitrogen and oxygen atoms in total. The monoisotopic (exact) mass is 293 g/mol. The van der Waals surface area contributed by atoms with Gasteiger partial charge in [0.05, 0.1) is 5.56 Å². The summed E-state index contributed by atoms with van der Waals surface area (Å²) in [5.41, 5.74) is 11.8. The van der Waals surface area contributed by atoms with E-state index in [1.165, 1.54) is 6.33 Å². The molecule has 1 aromatic rings. The van der Waals surface area contributed by atoms with Crippen molar-refractivity contribution in [1.82, 2.24) is 9.97 Å². The quantitative estimate of drug-likeness (QED) is 0.706. The van der Waals surface area contributed by atoms with Gasteiger partial charge in [-0.05, 0) is 17.8 Å². The van der Waals surface area contributed by atoms with Crippen molar-refractivity contribution in [1.29, 1.82) is 0 Å². The number of nitrogens with two attached hydrogens (primary N) is 2. The predicted molar refractivity (Wildman–Crippen MR) is 86.3 cm³/mol. The largest absolute Gasteiger partial charge is 0.383 e. The summed E-state index contributed by atoms with van der Waals surface area (Å²) < 4.78 is 0. The Morgan fingerprint density at radius 3 is 2.33 bits per heavy atom. The molecule has 1 aromatic heterocycles. The predicted octanol–water partition coefficient (Wildman–Crippen LogP) is 1.56. The van der Waals surface area contributed by atoms with Crippen LogP contribution in [0.2, 0.25) is 0 Å². The van der Waals surface area contributed by atoms with Gasteiger partial charge < -0.3 is 16.4 Å². The van der Waals surface area contributed by atoms with E-state index in [4.69, 9.17) is 11.5 Å². The number of aldehydes is 1. The van der Waals surface area contributed by atoms with E-state index in [-0.39, 0.29) is 5.82 Å². The highest BCUT2D eigenvalue weighted by Gasteiger charge is 2.23. The molecule has 118 valence electrons. The van der Waals surface area contributed by atoms with E-state index in [9.17, 15) is 4.79 Å². The molecular weight excluding hydrogens is 266 g/mol. The van der Waals surface area contributed by atoms with Crippen LogP contribution in [0.1, 0.15) is 38.1 Å². The van der Waals surface area contributed by atoms with E-state index in [1.54, 1.807) is 0 Å². The summed E-state index contributed by atoms with van der Waals surface area (Å²) >= 11 is 0. The number of aromatic nitrogens is 2. The van der Waals surface area contributed by atoms with Gasteiger partial charge in [0.2, 0.25) is 0 Å². The van der Waals surface area contributed by atoms with Crippen LogP contribution in [0.25, 0.3) is 0 Å². The molecule has 0 saturated carbocycles. The third-order valence-corrected chi connectivity index (χ3v) is 3.85. The highest BCUT2D eigenvalue weighted by molar-refractivity contribution is 5.88. The Balaban J connectivity index is 3.12. The molecule has 0 atom stereocenters. The van der Waals surface area contributed by atoms with Crippen molar-refractivity contribution >= 4 is 17.9 Å². The first-order valence-electron chi connectivity index (χ1n) is 7.43. The van der Waals surface area contributed by atoms with E-state index in [0.717, 1.165) is 6.54 Å². The third kappa shape index (κ3) is 4.39. The van der Waals surface area contributed by atoms with Gasteiger partial charge in [0, 0.05) is 19.6 Å². The van der Waals surface area contributed by atoms with Crippen LogP contribution in [0.15, 0.2) is 6.33 Å². The van der Waals surface area contributed by atoms with Gasteiger partial charge in [0.1, 0.15) is 18.0 Å². The molecule has 0 aliphatic rings. The number of carbonyl (C=O) groups excluding carboxylic acids is 1. The van der Waals surface area contributed by atoms with E-state index in [0.29, 0.717) is 48.5 Å². The SMILES string of the molecule is CC(C)C(CN(CCN)c1ncnc(N)c1C=O)C(C)C. The second-order valence-corrected chi connectivity index (χ2v) is 6.00. The molecule has 0 radical (unpaired) electrons. The maximum Gasteiger partial charge on any atom is 0.157 e. The topological polar surface area (TPSA) is 98.1 Å². The Morgan fingerprint density at radius 2 is 1.86 bits per heavy atom. The van der Waals surface area contributed by atoms with Crippen LogP contribution in [0.3, 0.4) is 0 Å². The van der Waals surface area contributed by atoms with Crippen molar-refractivity contribution in [2.45, 2.75) is 27.7 Å². The van der Waals surface area contributed by atoms with Gasteiger partial charge in [-0.2, -0.15) is 0 Å². The molecule has 4 N–H and O–H groups in total. The summed E-state index contributed by atoms with van der Waals surface area (Å²) in [4.78, 5) is 21.5. The fourth-order valence-corrected chi connectivity index (χ4v) is 2.65. The van der Waals surface area contributed by atoms with E-state index in [2.05, 4.69) is 37.7 Å². The van der Waals surface area contributed by atoms with Gasteiger partial charge >= 0.3 is 0 Å². The van der Waals surface area contributed by atoms with Crippen LogP contribution >= 0.6 is 0 Å². The van der Waals surface area contributed by atoms with Gasteiger partial charge in [-0.15, -0.1) is 0 Å². The van der Waals surface area contributed by atoms with Crippen LogP contribution in [0.4, 0.5) is 11.6 Å². The van der Waals surface area contributed by atoms with Crippen molar-refractivity contribution in [2.75, 3.05) is 30.3 Å². The highest BCUT2D eigenvalue weighted by Crippen LogP contribution is 2.26. The summed E-state index contributed by atoms with van der Waals surface area (Å²) in [6, 6.07) is 0. The summed E-state index contributed by atoms with van der Waals surface area (Å²) in [6.07, 6.45) is 2.11. The number of hydrogen-bond donors (Lipinski definition) is 2. The summed E-state index contributed by atoms with van der Waals surface area (Å²) in [7, 11) is 0. The van der Waals surface area contributed by atoms with Crippen molar-refractivity contribution in [3.05, 3.63) is 11.9 Å². The van der Waals surface area contributed by atoms with Gasteiger partial charge in [-0.3, -0.25) is 4.79 Å². The lowest BCUT2D eigenvalue weighted by atomic mass is 9.85. The minimum Gasteiger partial charge on any atom is -0.383 e. The van der Waals surface area contributed by atoms with Crippen LogP contribution < -0.4 is 16.4 Å². The molecule has 1 rings (SSSR count). The van der Waals surface area contributed by atoms with Crippen LogP contribution in [-0.2, 0) is 0 Å². The zero-order valence-electron chi connectivity index (χ0n) is 13.4. The Morgan fingerprint density at radius 1 is 1.24 bits per heavy atom. The second kappa shape index (κ2) is 7.93. The first-order chi connectivity index (χ1) is 9.92. The third-order valence-electron chi connectivity index (χ3n) is 3.85. The summed E-state index contributed by atoms with van der Waals surface area (Å²) in [6.45, 7) is 10.8. The molecule has 6 heteroatoms. The van der Waals surface area contributed by atoms with Crippen molar-refractivity contribution in [2.24, 2.45) is 23.5 Å². The molecular formula is C15H27N5O. The molecule has 0 bridgehead atoms. The average Bonchev–Trinajstić information content (AvgIpc) is 2.42. The first kappa shape index (κ1) is 17.4. The minimum atomic E-state index is 0.211. The van der Waals surface area contributed by atoms with Crippen LogP contribution in [0.5, 0.6) is 0 Å². The number of nitrogens with zero attached hydrogens (tertiary/aromatic N) is 3. The molecule has 21 heavy (non-hydrogen) atoms. The Bertz CT molecular complexity index is 453. The normalized spacial score (nSPS) is 11.4. The number of rotatable bonds is 8. The molecule has 0 aliphatic carbocycles. The van der Waals surface area contributed by atoms with Crippen LogP contribution in [-0.4, -0.2) is 35.9 Å². The number of nitrogen functional groups attached to an aromatic ring is 1. The lowest BCUT2D eigenvalue weighted by Gasteiger charge is -2.33. The first-order valence-corrected chi connectivity index (χ1v) is 7.43. The van der Waals surface area contributed by atoms with E-state index in [1.807, 2.05) is 4.90 Å². The number of anilines is 2. The zero-order valence-corrected chi connectivity index (χ0v) is 13.4. The molecule has 0 saturated heterocycles. The van der Waals surface area contributed by atoms with Gasteiger partial charge in [-0.1, -0.05) is 27.7 Å². The lowest BCUT2D eigenvalue weighted by molar-refractivity contribution is 0.112. The fraction of sp³-hybridized carbons (Fsp3) is 0.667. The number of carbonyl (C=O) groups is 1. The van der Waals surface area contributed by atoms with Crippen molar-refractivity contribution in [3.8, 4) is 0 Å².